The average Bonchev–Trinajstić information content (AvgIpc) is 2.81. The van der Waals surface area contributed by atoms with Crippen molar-refractivity contribution >= 4 is 17.2 Å². The number of piperidine rings is 1. The summed E-state index contributed by atoms with van der Waals surface area (Å²) in [5, 5.41) is 1.12. The number of likely N-dealkylation sites (tertiary alicyclic amines) is 2. The van der Waals surface area contributed by atoms with Crippen molar-refractivity contribution in [2.24, 2.45) is 5.41 Å². The highest BCUT2D eigenvalue weighted by Gasteiger charge is 2.54. The van der Waals surface area contributed by atoms with Gasteiger partial charge in [0.25, 0.3) is 0 Å². The molecular formula is C15H23N3OS. The zero-order valence-corrected chi connectivity index (χ0v) is 13.4. The number of hydrogen-bond acceptors (Lipinski definition) is 4. The van der Waals surface area contributed by atoms with Gasteiger partial charge < -0.3 is 4.90 Å². The van der Waals surface area contributed by atoms with E-state index in [0.29, 0.717) is 11.9 Å². The summed E-state index contributed by atoms with van der Waals surface area (Å²) in [6.45, 7) is 10.2. The molecule has 2 aliphatic rings. The van der Waals surface area contributed by atoms with Crippen molar-refractivity contribution in [3.05, 3.63) is 16.1 Å². The molecule has 0 saturated carbocycles. The first kappa shape index (κ1) is 14.0. The third-order valence-electron chi connectivity index (χ3n) is 4.52. The largest absolute Gasteiger partial charge is 0.339 e. The van der Waals surface area contributed by atoms with Crippen molar-refractivity contribution in [2.75, 3.05) is 19.6 Å². The molecule has 1 spiro atoms. The Morgan fingerprint density at radius 3 is 2.85 bits per heavy atom. The minimum absolute atomic E-state index is 0.0811. The van der Waals surface area contributed by atoms with Gasteiger partial charge >= 0.3 is 0 Å². The molecule has 0 radical (unpaired) electrons. The van der Waals surface area contributed by atoms with E-state index in [9.17, 15) is 4.79 Å². The van der Waals surface area contributed by atoms with Crippen LogP contribution in [0.2, 0.25) is 0 Å². The second-order valence-electron chi connectivity index (χ2n) is 6.47. The summed E-state index contributed by atoms with van der Waals surface area (Å²) in [4.78, 5) is 22.6. The number of aryl methyl sites for hydroxylation is 1. The molecule has 1 atom stereocenters. The fourth-order valence-electron chi connectivity index (χ4n) is 3.46. The number of rotatable bonds is 3. The van der Waals surface area contributed by atoms with Gasteiger partial charge in [-0.15, -0.1) is 11.3 Å². The van der Waals surface area contributed by atoms with Gasteiger partial charge in [-0.05, 0) is 40.2 Å². The van der Waals surface area contributed by atoms with Crippen LogP contribution >= 0.6 is 11.3 Å². The Kier molecular flexibility index (Phi) is 3.58. The van der Waals surface area contributed by atoms with Crippen molar-refractivity contribution < 1.29 is 4.79 Å². The minimum atomic E-state index is -0.0811. The Bertz CT molecular complexity index is 513. The van der Waals surface area contributed by atoms with E-state index >= 15 is 0 Å². The van der Waals surface area contributed by atoms with E-state index in [1.165, 1.54) is 4.88 Å². The molecule has 0 unspecified atom stereocenters. The second kappa shape index (κ2) is 5.11. The van der Waals surface area contributed by atoms with Crippen LogP contribution in [0.5, 0.6) is 0 Å². The Hall–Kier alpha value is -0.940. The van der Waals surface area contributed by atoms with Crippen LogP contribution in [-0.2, 0) is 11.3 Å². The van der Waals surface area contributed by atoms with Gasteiger partial charge in [0, 0.05) is 36.8 Å². The van der Waals surface area contributed by atoms with Crippen LogP contribution in [-0.4, -0.2) is 46.4 Å². The van der Waals surface area contributed by atoms with Crippen LogP contribution in [0.15, 0.2) is 6.20 Å². The maximum absolute atomic E-state index is 12.5. The highest BCUT2D eigenvalue weighted by Crippen LogP contribution is 2.41. The van der Waals surface area contributed by atoms with Crippen LogP contribution in [0.1, 0.15) is 36.6 Å². The van der Waals surface area contributed by atoms with Gasteiger partial charge in [0.15, 0.2) is 0 Å². The molecule has 2 saturated heterocycles. The number of nitrogens with zero attached hydrogens (tertiary/aromatic N) is 3. The van der Waals surface area contributed by atoms with Crippen LogP contribution < -0.4 is 0 Å². The molecule has 3 rings (SSSR count). The highest BCUT2D eigenvalue weighted by molar-refractivity contribution is 7.11. The first-order valence-corrected chi connectivity index (χ1v) is 8.26. The summed E-state index contributed by atoms with van der Waals surface area (Å²) >= 11 is 1.77. The summed E-state index contributed by atoms with van der Waals surface area (Å²) in [6, 6.07) is 0.340. The SMILES string of the molecule is Cc1ncc(CN2CCC[C@]3(C2)CN(C(C)C)C3=O)s1. The standard InChI is InChI=1S/C15H23N3OS/c1-11(2)18-10-15(14(18)19)5-4-6-17(9-15)8-13-7-16-12(3)20-13/h7,11H,4-6,8-10H2,1-3H3/t15-/m0/s1. The van der Waals surface area contributed by atoms with Gasteiger partial charge in [-0.2, -0.15) is 0 Å². The molecule has 0 N–H and O–H groups in total. The molecule has 2 fully saturated rings. The number of amides is 1. The molecular weight excluding hydrogens is 270 g/mol. The van der Waals surface area contributed by atoms with E-state index in [2.05, 4.69) is 23.7 Å². The zero-order valence-electron chi connectivity index (χ0n) is 12.6. The Labute approximate surface area is 124 Å². The molecule has 4 nitrogen and oxygen atoms in total. The zero-order chi connectivity index (χ0) is 14.3. The summed E-state index contributed by atoms with van der Waals surface area (Å²) in [7, 11) is 0. The van der Waals surface area contributed by atoms with Gasteiger partial charge in [-0.3, -0.25) is 9.69 Å². The van der Waals surface area contributed by atoms with Crippen molar-refractivity contribution in [3.63, 3.8) is 0 Å². The molecule has 5 heteroatoms. The number of thiazole rings is 1. The third kappa shape index (κ3) is 2.37. The lowest BCUT2D eigenvalue weighted by Gasteiger charge is -2.54. The molecule has 0 aliphatic carbocycles. The Morgan fingerprint density at radius 1 is 1.45 bits per heavy atom. The predicted molar refractivity (Wildman–Crippen MR) is 80.6 cm³/mol. The molecule has 1 aromatic heterocycles. The molecule has 1 aromatic rings. The topological polar surface area (TPSA) is 36.4 Å². The first-order valence-electron chi connectivity index (χ1n) is 7.45. The van der Waals surface area contributed by atoms with Crippen LogP contribution in [0.4, 0.5) is 0 Å². The predicted octanol–water partition coefficient (Wildman–Crippen LogP) is 2.28. The number of hydrogen-bond donors (Lipinski definition) is 0. The number of β-lactam (4-membered cyclic amide) rings is 1. The van der Waals surface area contributed by atoms with Crippen molar-refractivity contribution in [1.29, 1.82) is 0 Å². The Morgan fingerprint density at radius 2 is 2.25 bits per heavy atom. The fraction of sp³-hybridized carbons (Fsp3) is 0.733. The summed E-state index contributed by atoms with van der Waals surface area (Å²) < 4.78 is 0. The molecule has 2 aliphatic heterocycles. The molecule has 3 heterocycles. The molecule has 110 valence electrons. The van der Waals surface area contributed by atoms with E-state index < -0.39 is 0 Å². The number of carbonyl (C=O) groups excluding carboxylic acids is 1. The Balaban J connectivity index is 1.64. The summed E-state index contributed by atoms with van der Waals surface area (Å²) in [5.41, 5.74) is -0.0811. The smallest absolute Gasteiger partial charge is 0.232 e. The normalized spacial score (nSPS) is 27.4. The van der Waals surface area contributed by atoms with Crippen molar-refractivity contribution in [1.82, 2.24) is 14.8 Å². The van der Waals surface area contributed by atoms with Gasteiger partial charge in [0.05, 0.1) is 10.4 Å². The highest BCUT2D eigenvalue weighted by atomic mass is 32.1. The fourth-order valence-corrected chi connectivity index (χ4v) is 4.30. The lowest BCUT2D eigenvalue weighted by molar-refractivity contribution is -0.169. The van der Waals surface area contributed by atoms with E-state index in [1.807, 2.05) is 18.0 Å². The molecule has 20 heavy (non-hydrogen) atoms. The van der Waals surface area contributed by atoms with E-state index in [1.54, 1.807) is 11.3 Å². The lowest BCUT2D eigenvalue weighted by Crippen LogP contribution is -2.68. The maximum Gasteiger partial charge on any atom is 0.232 e. The quantitative estimate of drug-likeness (QED) is 0.802. The third-order valence-corrected chi connectivity index (χ3v) is 5.41. The van der Waals surface area contributed by atoms with Gasteiger partial charge in [-0.25, -0.2) is 4.98 Å². The van der Waals surface area contributed by atoms with E-state index in [4.69, 9.17) is 0 Å². The first-order chi connectivity index (χ1) is 9.50. The van der Waals surface area contributed by atoms with Crippen LogP contribution in [0, 0.1) is 12.3 Å². The van der Waals surface area contributed by atoms with Crippen LogP contribution in [0.25, 0.3) is 0 Å². The van der Waals surface area contributed by atoms with Crippen molar-refractivity contribution in [2.45, 2.75) is 46.2 Å². The van der Waals surface area contributed by atoms with E-state index in [0.717, 1.165) is 44.0 Å². The second-order valence-corrected chi connectivity index (χ2v) is 7.79. The summed E-state index contributed by atoms with van der Waals surface area (Å²) in [6.07, 6.45) is 4.17. The molecule has 0 bridgehead atoms. The number of carbonyl (C=O) groups is 1. The summed E-state index contributed by atoms with van der Waals surface area (Å²) in [5.74, 6) is 0.373. The molecule has 1 amide bonds. The lowest BCUT2D eigenvalue weighted by atomic mass is 9.72. The van der Waals surface area contributed by atoms with E-state index in [-0.39, 0.29) is 5.41 Å². The van der Waals surface area contributed by atoms with Crippen LogP contribution in [0.3, 0.4) is 0 Å². The van der Waals surface area contributed by atoms with Gasteiger partial charge in [-0.1, -0.05) is 0 Å². The maximum atomic E-state index is 12.5. The van der Waals surface area contributed by atoms with Gasteiger partial charge in [0.1, 0.15) is 0 Å². The minimum Gasteiger partial charge on any atom is -0.339 e. The van der Waals surface area contributed by atoms with Gasteiger partial charge in [0.2, 0.25) is 5.91 Å². The van der Waals surface area contributed by atoms with Crippen molar-refractivity contribution in [3.8, 4) is 0 Å². The molecule has 0 aromatic carbocycles. The number of aromatic nitrogens is 1. The monoisotopic (exact) mass is 293 g/mol. The average molecular weight is 293 g/mol.